The second-order valence-electron chi connectivity index (χ2n) is 10.8. The second kappa shape index (κ2) is 11.2. The van der Waals surface area contributed by atoms with Gasteiger partial charge in [0.05, 0.1) is 23.9 Å². The van der Waals surface area contributed by atoms with Crippen molar-refractivity contribution in [3.63, 3.8) is 0 Å². The average molecular weight is 520 g/mol. The van der Waals surface area contributed by atoms with E-state index in [9.17, 15) is 4.79 Å². The highest BCUT2D eigenvalue weighted by atomic mass is 16.5. The van der Waals surface area contributed by atoms with Crippen molar-refractivity contribution in [1.29, 1.82) is 0 Å². The van der Waals surface area contributed by atoms with E-state index in [0.717, 1.165) is 86.7 Å². The van der Waals surface area contributed by atoms with Crippen LogP contribution in [0.15, 0.2) is 30.3 Å². The molecule has 3 aromatic rings. The molecule has 0 spiro atoms. The number of hydrogen-bond donors (Lipinski definition) is 1. The first-order valence-corrected chi connectivity index (χ1v) is 14.0. The first-order chi connectivity index (χ1) is 18.4. The normalized spacial score (nSPS) is 21.6. The molecule has 2 unspecified atom stereocenters. The summed E-state index contributed by atoms with van der Waals surface area (Å²) in [5.74, 6) is 2.54. The van der Waals surface area contributed by atoms with Gasteiger partial charge in [-0.25, -0.2) is 4.98 Å². The highest BCUT2D eigenvalue weighted by Gasteiger charge is 2.28. The Morgan fingerprint density at radius 3 is 2.66 bits per heavy atom. The van der Waals surface area contributed by atoms with Crippen LogP contribution >= 0.6 is 0 Å². The topological polar surface area (TPSA) is 92.2 Å². The van der Waals surface area contributed by atoms with Crippen LogP contribution in [0.1, 0.15) is 73.1 Å². The minimum Gasteiger partial charge on any atom is -0.493 e. The molecule has 204 valence electrons. The van der Waals surface area contributed by atoms with Crippen LogP contribution in [0.25, 0.3) is 5.65 Å². The number of nitrogens with zero attached hydrogens (tertiary/aromatic N) is 6. The van der Waals surface area contributed by atoms with Gasteiger partial charge in [0, 0.05) is 51.9 Å². The number of ether oxygens (including phenoxy) is 1. The van der Waals surface area contributed by atoms with Crippen molar-refractivity contribution in [2.24, 2.45) is 5.73 Å². The Balaban J connectivity index is 1.58. The third-order valence-electron chi connectivity index (χ3n) is 7.88. The Morgan fingerprint density at radius 2 is 1.89 bits per heavy atom. The summed E-state index contributed by atoms with van der Waals surface area (Å²) in [5.41, 5.74) is 9.48. The molecule has 2 atom stereocenters. The van der Waals surface area contributed by atoms with Crippen molar-refractivity contribution in [3.05, 3.63) is 47.2 Å². The number of rotatable bonds is 2. The van der Waals surface area contributed by atoms with Gasteiger partial charge in [-0.05, 0) is 44.7 Å². The molecule has 2 aliphatic heterocycles. The molecule has 2 bridgehead atoms. The average Bonchev–Trinajstić information content (AvgIpc) is 3.53. The lowest BCUT2D eigenvalue weighted by Crippen LogP contribution is -2.31. The van der Waals surface area contributed by atoms with Crippen molar-refractivity contribution in [3.8, 4) is 5.75 Å². The molecule has 4 heterocycles. The lowest BCUT2D eigenvalue weighted by atomic mass is 10.1. The number of aromatic nitrogens is 3. The van der Waals surface area contributed by atoms with Gasteiger partial charge in [-0.2, -0.15) is 9.61 Å². The van der Waals surface area contributed by atoms with Crippen molar-refractivity contribution in [2.75, 3.05) is 50.1 Å². The first-order valence-electron chi connectivity index (χ1n) is 14.0. The molecule has 38 heavy (non-hydrogen) atoms. The highest BCUT2D eigenvalue weighted by molar-refractivity contribution is 5.97. The Kier molecular flexibility index (Phi) is 7.74. The molecule has 9 nitrogen and oxygen atoms in total. The summed E-state index contributed by atoms with van der Waals surface area (Å²) in [6.45, 7) is 7.34. The predicted molar refractivity (Wildman–Crippen MR) is 151 cm³/mol. The van der Waals surface area contributed by atoms with Gasteiger partial charge >= 0.3 is 0 Å². The molecule has 2 aliphatic rings. The van der Waals surface area contributed by atoms with Gasteiger partial charge in [0.2, 0.25) is 0 Å². The van der Waals surface area contributed by atoms with Gasteiger partial charge in [0.25, 0.3) is 5.91 Å². The Labute approximate surface area is 225 Å². The maximum Gasteiger partial charge on any atom is 0.257 e. The van der Waals surface area contributed by atoms with E-state index in [0.29, 0.717) is 17.9 Å². The number of benzene rings is 1. The standard InChI is InChI=1S/C29H41N7O2/c1-5-24-23-17-27-31-26(35-14-12-21(30)19-35)18-28(36(27)32-23)33(3)13-8-6-7-9-15-38-25-11-10-20(2)16-22(25)29(37)34(24)4/h10-11,16-18,21,24H,5-9,12-15,19,30H2,1-4H3. The number of carbonyl (C=O) groups excluding carboxylic acids is 1. The molecule has 0 saturated carbocycles. The number of nitrogens with two attached hydrogens (primary N) is 1. The van der Waals surface area contributed by atoms with Gasteiger partial charge < -0.3 is 25.2 Å². The van der Waals surface area contributed by atoms with E-state index in [1.165, 1.54) is 0 Å². The molecule has 0 aliphatic carbocycles. The fourth-order valence-corrected chi connectivity index (χ4v) is 5.61. The van der Waals surface area contributed by atoms with Crippen molar-refractivity contribution >= 4 is 23.2 Å². The number of hydrogen-bond acceptors (Lipinski definition) is 7. The summed E-state index contributed by atoms with van der Waals surface area (Å²) in [7, 11) is 3.98. The minimum atomic E-state index is -0.199. The third-order valence-corrected chi connectivity index (χ3v) is 7.88. The van der Waals surface area contributed by atoms with E-state index in [1.807, 2.05) is 42.8 Å². The smallest absolute Gasteiger partial charge is 0.257 e. The van der Waals surface area contributed by atoms with Gasteiger partial charge in [0.15, 0.2) is 5.65 Å². The van der Waals surface area contributed by atoms with Gasteiger partial charge in [-0.15, -0.1) is 0 Å². The van der Waals surface area contributed by atoms with Crippen LogP contribution in [-0.2, 0) is 0 Å². The molecule has 1 aromatic carbocycles. The lowest BCUT2D eigenvalue weighted by Gasteiger charge is -2.27. The van der Waals surface area contributed by atoms with Crippen molar-refractivity contribution in [1.82, 2.24) is 19.5 Å². The Morgan fingerprint density at radius 1 is 1.08 bits per heavy atom. The summed E-state index contributed by atoms with van der Waals surface area (Å²) in [4.78, 5) is 25.1. The molecular weight excluding hydrogens is 478 g/mol. The highest BCUT2D eigenvalue weighted by Crippen LogP contribution is 2.31. The summed E-state index contributed by atoms with van der Waals surface area (Å²) in [6.07, 6.45) is 5.92. The van der Waals surface area contributed by atoms with Crippen LogP contribution in [0.2, 0.25) is 0 Å². The molecule has 1 fully saturated rings. The van der Waals surface area contributed by atoms with E-state index in [4.69, 9.17) is 20.6 Å². The Hall–Kier alpha value is -3.33. The lowest BCUT2D eigenvalue weighted by molar-refractivity contribution is 0.0718. The molecule has 0 radical (unpaired) electrons. The van der Waals surface area contributed by atoms with Gasteiger partial charge in [-0.1, -0.05) is 31.4 Å². The quantitative estimate of drug-likeness (QED) is 0.543. The van der Waals surface area contributed by atoms with E-state index in [1.54, 1.807) is 4.90 Å². The summed E-state index contributed by atoms with van der Waals surface area (Å²) >= 11 is 0. The van der Waals surface area contributed by atoms with E-state index in [2.05, 4.69) is 29.8 Å². The predicted octanol–water partition coefficient (Wildman–Crippen LogP) is 4.19. The fourth-order valence-electron chi connectivity index (χ4n) is 5.61. The van der Waals surface area contributed by atoms with Crippen LogP contribution in [-0.4, -0.2) is 71.8 Å². The SMILES string of the molecule is CCC1c2cc3nc(N4CCC(N)C4)cc(n3n2)N(C)CCCCCCOc2ccc(C)cc2C(=O)N1C. The van der Waals surface area contributed by atoms with Crippen LogP contribution < -0.4 is 20.3 Å². The molecule has 9 heteroatoms. The van der Waals surface area contributed by atoms with E-state index < -0.39 is 0 Å². The number of fused-ring (bicyclic) bond motifs is 2. The largest absolute Gasteiger partial charge is 0.493 e. The Bertz CT molecular complexity index is 1290. The fraction of sp³-hybridized carbons (Fsp3) is 0.552. The molecule has 5 rings (SSSR count). The van der Waals surface area contributed by atoms with Crippen molar-refractivity contribution < 1.29 is 9.53 Å². The van der Waals surface area contributed by atoms with Gasteiger partial charge in [0.1, 0.15) is 17.4 Å². The second-order valence-corrected chi connectivity index (χ2v) is 10.8. The maximum absolute atomic E-state index is 13.8. The molecule has 1 saturated heterocycles. The van der Waals surface area contributed by atoms with Crippen LogP contribution in [0.3, 0.4) is 0 Å². The number of amides is 1. The van der Waals surface area contributed by atoms with E-state index >= 15 is 0 Å². The molecule has 1 amide bonds. The van der Waals surface area contributed by atoms with E-state index in [-0.39, 0.29) is 18.0 Å². The molecule has 2 N–H and O–H groups in total. The summed E-state index contributed by atoms with van der Waals surface area (Å²) in [6, 6.07) is 10.0. The molecule has 2 aromatic heterocycles. The van der Waals surface area contributed by atoms with Crippen LogP contribution in [0, 0.1) is 6.92 Å². The van der Waals surface area contributed by atoms with Crippen LogP contribution in [0.4, 0.5) is 11.6 Å². The summed E-state index contributed by atoms with van der Waals surface area (Å²) in [5, 5.41) is 5.03. The zero-order valence-corrected chi connectivity index (χ0v) is 23.2. The number of carbonyl (C=O) groups is 1. The first kappa shape index (κ1) is 26.3. The number of aryl methyl sites for hydroxylation is 1. The third kappa shape index (κ3) is 5.29. The van der Waals surface area contributed by atoms with Crippen LogP contribution in [0.5, 0.6) is 5.75 Å². The number of anilines is 2. The summed E-state index contributed by atoms with van der Waals surface area (Å²) < 4.78 is 8.06. The van der Waals surface area contributed by atoms with Crippen molar-refractivity contribution in [2.45, 2.75) is 64.5 Å². The monoisotopic (exact) mass is 519 g/mol. The van der Waals surface area contributed by atoms with Gasteiger partial charge in [-0.3, -0.25) is 4.79 Å². The molecular formula is C29H41N7O2. The minimum absolute atomic E-state index is 0.0611. The zero-order valence-electron chi connectivity index (χ0n) is 23.2. The maximum atomic E-state index is 13.8. The zero-order chi connectivity index (χ0) is 26.8.